The Morgan fingerprint density at radius 2 is 1.89 bits per heavy atom. The third kappa shape index (κ3) is 2.68. The van der Waals surface area contributed by atoms with E-state index in [9.17, 15) is 19.8 Å². The number of ketones is 2. The summed E-state index contributed by atoms with van der Waals surface area (Å²) in [4.78, 5) is 25.4. The van der Waals surface area contributed by atoms with Crippen LogP contribution in [0.1, 0.15) is 45.0 Å². The molecule has 1 aromatic rings. The van der Waals surface area contributed by atoms with Gasteiger partial charge in [0.15, 0.2) is 29.1 Å². The van der Waals surface area contributed by atoms with E-state index >= 15 is 8.78 Å². The summed E-state index contributed by atoms with van der Waals surface area (Å²) in [6.07, 6.45) is -1.17. The number of rotatable bonds is 3. The first-order chi connectivity index (χ1) is 17.0. The molecule has 0 amide bonds. The summed E-state index contributed by atoms with van der Waals surface area (Å²) in [6.45, 7) is 2.51. The summed E-state index contributed by atoms with van der Waals surface area (Å²) in [6, 6.07) is 9.11. The van der Waals surface area contributed by atoms with Gasteiger partial charge in [0.1, 0.15) is 12.8 Å². The Hall–Kier alpha value is -2.26. The molecule has 192 valence electrons. The Bertz CT molecular complexity index is 1180. The molecule has 1 aliphatic heterocycles. The van der Waals surface area contributed by atoms with Gasteiger partial charge in [0.25, 0.3) is 0 Å². The predicted molar refractivity (Wildman–Crippen MR) is 124 cm³/mol. The van der Waals surface area contributed by atoms with Gasteiger partial charge in [0, 0.05) is 22.3 Å². The quantitative estimate of drug-likeness (QED) is 0.662. The van der Waals surface area contributed by atoms with E-state index in [4.69, 9.17) is 9.47 Å². The van der Waals surface area contributed by atoms with Crippen molar-refractivity contribution in [3.8, 4) is 0 Å². The van der Waals surface area contributed by atoms with Crippen LogP contribution in [0.2, 0.25) is 0 Å². The summed E-state index contributed by atoms with van der Waals surface area (Å²) < 4.78 is 45.6. The highest BCUT2D eigenvalue weighted by Crippen LogP contribution is 2.72. The van der Waals surface area contributed by atoms with E-state index < -0.39 is 76.8 Å². The van der Waals surface area contributed by atoms with E-state index in [1.54, 1.807) is 6.92 Å². The van der Waals surface area contributed by atoms with E-state index in [2.05, 4.69) is 0 Å². The molecule has 3 saturated carbocycles. The fraction of sp³-hybridized carbons (Fsp3) is 0.571. The van der Waals surface area contributed by atoms with E-state index in [0.29, 0.717) is 5.56 Å². The van der Waals surface area contributed by atoms with Crippen LogP contribution in [0.5, 0.6) is 0 Å². The molecule has 6 nitrogen and oxygen atoms in total. The van der Waals surface area contributed by atoms with Gasteiger partial charge in [0.2, 0.25) is 0 Å². The van der Waals surface area contributed by atoms with Crippen LogP contribution in [0, 0.1) is 22.7 Å². The third-order valence-electron chi connectivity index (χ3n) is 10.00. The molecule has 4 aliphatic carbocycles. The fourth-order valence-corrected chi connectivity index (χ4v) is 8.32. The van der Waals surface area contributed by atoms with E-state index in [1.807, 2.05) is 30.3 Å². The highest BCUT2D eigenvalue weighted by atomic mass is 19.1. The van der Waals surface area contributed by atoms with E-state index in [0.717, 1.165) is 6.08 Å². The van der Waals surface area contributed by atoms with Gasteiger partial charge in [-0.1, -0.05) is 43.3 Å². The van der Waals surface area contributed by atoms with Crippen LogP contribution in [-0.2, 0) is 19.1 Å². The first kappa shape index (κ1) is 24.1. The summed E-state index contributed by atoms with van der Waals surface area (Å²) in [5.74, 6) is -2.51. The fourth-order valence-electron chi connectivity index (χ4n) is 8.32. The first-order valence-corrected chi connectivity index (χ1v) is 12.5. The van der Waals surface area contributed by atoms with Crippen molar-refractivity contribution in [2.75, 3.05) is 6.61 Å². The Labute approximate surface area is 208 Å². The maximum Gasteiger partial charge on any atom is 0.193 e. The van der Waals surface area contributed by atoms with Crippen LogP contribution >= 0.6 is 0 Å². The third-order valence-corrected chi connectivity index (χ3v) is 10.00. The smallest absolute Gasteiger partial charge is 0.193 e. The second-order valence-electron chi connectivity index (χ2n) is 11.4. The summed E-state index contributed by atoms with van der Waals surface area (Å²) in [5, 5.41) is 21.5. The number of ether oxygens (including phenoxy) is 2. The van der Waals surface area contributed by atoms with Gasteiger partial charge in [-0.05, 0) is 49.8 Å². The lowest BCUT2D eigenvalue weighted by Gasteiger charge is -2.63. The lowest BCUT2D eigenvalue weighted by molar-refractivity contribution is -0.235. The number of aliphatic hydroxyl groups excluding tert-OH is 2. The van der Waals surface area contributed by atoms with Gasteiger partial charge in [-0.25, -0.2) is 8.78 Å². The minimum Gasteiger partial charge on any atom is -0.390 e. The Morgan fingerprint density at radius 1 is 1.17 bits per heavy atom. The van der Waals surface area contributed by atoms with Crippen LogP contribution in [0.4, 0.5) is 8.78 Å². The lowest BCUT2D eigenvalue weighted by Crippen LogP contribution is -2.70. The summed E-state index contributed by atoms with van der Waals surface area (Å²) in [5.41, 5.74) is -5.75. The molecule has 2 N–H and O–H groups in total. The van der Waals surface area contributed by atoms with Crippen molar-refractivity contribution in [2.24, 2.45) is 22.7 Å². The van der Waals surface area contributed by atoms with Gasteiger partial charge in [-0.15, -0.1) is 0 Å². The second-order valence-corrected chi connectivity index (χ2v) is 11.4. The Morgan fingerprint density at radius 3 is 2.58 bits per heavy atom. The largest absolute Gasteiger partial charge is 0.390 e. The van der Waals surface area contributed by atoms with Gasteiger partial charge in [-0.2, -0.15) is 0 Å². The van der Waals surface area contributed by atoms with Gasteiger partial charge in [0.05, 0.1) is 12.2 Å². The number of fused-ring (bicyclic) bond motifs is 7. The number of hydrogen-bond donors (Lipinski definition) is 2. The zero-order valence-corrected chi connectivity index (χ0v) is 20.2. The Balaban J connectivity index is 1.46. The molecule has 8 heteroatoms. The molecule has 0 radical (unpaired) electrons. The molecular formula is C28H30F2O6. The first-order valence-electron chi connectivity index (χ1n) is 12.5. The van der Waals surface area contributed by atoms with Crippen molar-refractivity contribution in [3.05, 3.63) is 59.7 Å². The van der Waals surface area contributed by atoms with E-state index in [1.165, 1.54) is 19.1 Å². The monoisotopic (exact) mass is 500 g/mol. The van der Waals surface area contributed by atoms with Crippen molar-refractivity contribution in [3.63, 3.8) is 0 Å². The van der Waals surface area contributed by atoms with Gasteiger partial charge in [-0.3, -0.25) is 9.59 Å². The second kappa shape index (κ2) is 7.63. The van der Waals surface area contributed by atoms with Crippen LogP contribution in [0.3, 0.4) is 0 Å². The number of carbonyl (C=O) groups is 2. The zero-order valence-electron chi connectivity index (χ0n) is 20.2. The molecule has 36 heavy (non-hydrogen) atoms. The van der Waals surface area contributed by atoms with Crippen LogP contribution in [-0.4, -0.2) is 58.0 Å². The summed E-state index contributed by atoms with van der Waals surface area (Å²) in [7, 11) is 0. The van der Waals surface area contributed by atoms with Crippen molar-refractivity contribution < 1.29 is 38.1 Å². The molecule has 0 aromatic heterocycles. The zero-order chi connectivity index (χ0) is 25.7. The molecule has 0 spiro atoms. The van der Waals surface area contributed by atoms with Crippen molar-refractivity contribution in [1.82, 2.24) is 0 Å². The number of aliphatic hydroxyl groups is 2. The molecule has 6 rings (SSSR count). The maximum absolute atomic E-state index is 17.3. The van der Waals surface area contributed by atoms with Crippen molar-refractivity contribution >= 4 is 11.6 Å². The highest BCUT2D eigenvalue weighted by molar-refractivity contribution is 6.01. The molecule has 1 aromatic carbocycles. The molecule has 5 aliphatic rings. The van der Waals surface area contributed by atoms with Crippen LogP contribution < -0.4 is 0 Å². The minimum atomic E-state index is -2.26. The number of halogens is 2. The predicted octanol–water partition coefficient (Wildman–Crippen LogP) is 3.33. The van der Waals surface area contributed by atoms with Crippen LogP contribution in [0.25, 0.3) is 0 Å². The van der Waals surface area contributed by atoms with Crippen molar-refractivity contribution in [2.45, 2.75) is 69.0 Å². The minimum absolute atomic E-state index is 0.0485. The molecule has 10 atom stereocenters. The highest BCUT2D eigenvalue weighted by Gasteiger charge is 2.80. The van der Waals surface area contributed by atoms with Crippen molar-refractivity contribution in [1.29, 1.82) is 0 Å². The number of alkyl halides is 2. The van der Waals surface area contributed by atoms with E-state index in [-0.39, 0.29) is 24.8 Å². The molecule has 4 fully saturated rings. The number of carbonyl (C=O) groups excluding carboxylic acids is 2. The van der Waals surface area contributed by atoms with Gasteiger partial charge < -0.3 is 19.7 Å². The Kier molecular flexibility index (Phi) is 5.11. The van der Waals surface area contributed by atoms with Gasteiger partial charge >= 0.3 is 0 Å². The molecule has 0 unspecified atom stereocenters. The molecule has 1 heterocycles. The molecule has 0 bridgehead atoms. The number of Topliss-reactive ketones (excluding diaryl/α,β-unsaturated/α-hetero) is 1. The topological polar surface area (TPSA) is 93.1 Å². The SMILES string of the molecule is C[C@]12C=CC(=O)C=C1[C@@H](F)C[C@H]1[C@@H]3C[C@H]4O[C@@H](c5ccccc5)O[C@@]4(C(=O)CO)[C@@]3(C)C[C@H](O)[C@@]12F. The maximum atomic E-state index is 17.3. The summed E-state index contributed by atoms with van der Waals surface area (Å²) >= 11 is 0. The normalized spacial score (nSPS) is 49.1. The molecular weight excluding hydrogens is 470 g/mol. The number of allylic oxidation sites excluding steroid dienone is 4. The number of hydrogen-bond acceptors (Lipinski definition) is 6. The molecule has 1 saturated heterocycles. The number of benzene rings is 1. The average Bonchev–Trinajstić information content (AvgIpc) is 3.36. The lowest BCUT2D eigenvalue weighted by atomic mass is 9.44. The van der Waals surface area contributed by atoms with Crippen LogP contribution in [0.15, 0.2) is 54.1 Å². The average molecular weight is 501 g/mol. The standard InChI is InChI=1S/C28H30F2O6/c1-25-9-8-16(32)10-19(25)20(29)11-18-17-12-23-28(22(34)14-31,26(17,2)13-21(33)27(18,25)30)36-24(35-23)15-6-4-3-5-7-15/h3-10,17-18,20-21,23-24,31,33H,11-14H2,1-2H3/t17-,18-,20-,21-,23+,24+,25-,26-,27-,28+/m0/s1.